The first kappa shape index (κ1) is 14.8. The van der Waals surface area contributed by atoms with Crippen LogP contribution in [0.4, 0.5) is 15.8 Å². The van der Waals surface area contributed by atoms with Crippen LogP contribution < -0.4 is 10.2 Å². The van der Waals surface area contributed by atoms with Crippen molar-refractivity contribution >= 4 is 17.3 Å². The topological polar surface area (TPSA) is 41.6 Å². The largest absolute Gasteiger partial charge is 0.378 e. The number of nitrogens with zero attached hydrogens (tertiary/aromatic N) is 1. The van der Waals surface area contributed by atoms with Crippen LogP contribution in [0.1, 0.15) is 26.2 Å². The van der Waals surface area contributed by atoms with Gasteiger partial charge in [-0.05, 0) is 24.6 Å². The Morgan fingerprint density at radius 2 is 2.15 bits per heavy atom. The molecule has 1 N–H and O–H groups in total. The average Bonchev–Trinajstić information content (AvgIpc) is 2.46. The molecule has 2 rings (SSSR count). The Kier molecular flexibility index (Phi) is 5.35. The Balaban J connectivity index is 2.12. The van der Waals surface area contributed by atoms with Crippen LogP contribution in [0.3, 0.4) is 0 Å². The molecule has 20 heavy (non-hydrogen) atoms. The minimum atomic E-state index is -0.340. The van der Waals surface area contributed by atoms with Crippen LogP contribution in [0, 0.1) is 5.82 Å². The maximum atomic E-state index is 13.4. The number of unbranched alkanes of at least 4 members (excludes halogenated alkanes) is 1. The number of carbonyl (C=O) groups excluding carboxylic acids is 1. The third-order valence-electron chi connectivity index (χ3n) is 3.34. The summed E-state index contributed by atoms with van der Waals surface area (Å²) in [6.07, 6.45) is 2.27. The number of morpholine rings is 1. The lowest BCUT2D eigenvalue weighted by Crippen LogP contribution is -2.36. The molecule has 0 radical (unpaired) electrons. The second-order valence-electron chi connectivity index (χ2n) is 4.91. The lowest BCUT2D eigenvalue weighted by atomic mass is 10.2. The van der Waals surface area contributed by atoms with Gasteiger partial charge in [0, 0.05) is 19.5 Å². The lowest BCUT2D eigenvalue weighted by molar-refractivity contribution is -0.116. The molecule has 1 amide bonds. The summed E-state index contributed by atoms with van der Waals surface area (Å²) in [5, 5.41) is 2.82. The Morgan fingerprint density at radius 3 is 2.85 bits per heavy atom. The molecule has 110 valence electrons. The smallest absolute Gasteiger partial charge is 0.224 e. The fourth-order valence-corrected chi connectivity index (χ4v) is 2.24. The minimum Gasteiger partial charge on any atom is -0.378 e. The summed E-state index contributed by atoms with van der Waals surface area (Å²) in [6, 6.07) is 4.53. The second-order valence-corrected chi connectivity index (χ2v) is 4.91. The van der Waals surface area contributed by atoms with Gasteiger partial charge in [0.05, 0.1) is 24.6 Å². The van der Waals surface area contributed by atoms with E-state index in [0.717, 1.165) is 31.6 Å². The third-order valence-corrected chi connectivity index (χ3v) is 3.34. The zero-order valence-corrected chi connectivity index (χ0v) is 11.8. The molecular weight excluding hydrogens is 259 g/mol. The van der Waals surface area contributed by atoms with Crippen LogP contribution in [-0.2, 0) is 9.53 Å². The van der Waals surface area contributed by atoms with Gasteiger partial charge in [0.2, 0.25) is 5.91 Å². The first-order valence-electron chi connectivity index (χ1n) is 7.13. The molecule has 0 atom stereocenters. The molecule has 1 heterocycles. The monoisotopic (exact) mass is 280 g/mol. The highest BCUT2D eigenvalue weighted by molar-refractivity contribution is 5.94. The number of anilines is 2. The van der Waals surface area contributed by atoms with E-state index in [1.807, 2.05) is 6.92 Å². The normalized spacial score (nSPS) is 15.2. The van der Waals surface area contributed by atoms with Crippen molar-refractivity contribution in [2.75, 3.05) is 36.5 Å². The maximum absolute atomic E-state index is 13.4. The molecule has 1 aromatic carbocycles. The van der Waals surface area contributed by atoms with E-state index in [2.05, 4.69) is 10.2 Å². The van der Waals surface area contributed by atoms with Crippen LogP contribution >= 0.6 is 0 Å². The molecular formula is C15H21FN2O2. The van der Waals surface area contributed by atoms with Crippen molar-refractivity contribution in [1.29, 1.82) is 0 Å². The zero-order chi connectivity index (χ0) is 14.4. The van der Waals surface area contributed by atoms with Gasteiger partial charge in [0.15, 0.2) is 0 Å². The molecule has 4 nitrogen and oxygen atoms in total. The van der Waals surface area contributed by atoms with E-state index in [1.54, 1.807) is 6.07 Å². The summed E-state index contributed by atoms with van der Waals surface area (Å²) in [5.74, 6) is -0.403. The van der Waals surface area contributed by atoms with E-state index >= 15 is 0 Å². The quantitative estimate of drug-likeness (QED) is 0.901. The van der Waals surface area contributed by atoms with Crippen LogP contribution in [0.2, 0.25) is 0 Å². The second kappa shape index (κ2) is 7.24. The van der Waals surface area contributed by atoms with Gasteiger partial charge in [-0.1, -0.05) is 13.3 Å². The minimum absolute atomic E-state index is 0.0630. The van der Waals surface area contributed by atoms with Crippen molar-refractivity contribution in [3.8, 4) is 0 Å². The lowest BCUT2D eigenvalue weighted by Gasteiger charge is -2.30. The molecule has 1 aliphatic heterocycles. The molecule has 0 aromatic heterocycles. The third kappa shape index (κ3) is 3.93. The summed E-state index contributed by atoms with van der Waals surface area (Å²) >= 11 is 0. The van der Waals surface area contributed by atoms with Gasteiger partial charge in [0.25, 0.3) is 0 Å². The predicted octanol–water partition coefficient (Wildman–Crippen LogP) is 2.79. The van der Waals surface area contributed by atoms with Gasteiger partial charge in [-0.3, -0.25) is 4.79 Å². The Bertz CT molecular complexity index is 459. The number of nitrogens with one attached hydrogen (secondary N) is 1. The van der Waals surface area contributed by atoms with E-state index < -0.39 is 0 Å². The predicted molar refractivity (Wildman–Crippen MR) is 77.6 cm³/mol. The first-order valence-corrected chi connectivity index (χ1v) is 7.13. The molecule has 5 heteroatoms. The van der Waals surface area contributed by atoms with E-state index in [0.29, 0.717) is 25.3 Å². The summed E-state index contributed by atoms with van der Waals surface area (Å²) < 4.78 is 18.7. The van der Waals surface area contributed by atoms with Gasteiger partial charge in [-0.15, -0.1) is 0 Å². The van der Waals surface area contributed by atoms with Crippen LogP contribution in [0.15, 0.2) is 18.2 Å². The number of halogens is 1. The molecule has 0 bridgehead atoms. The highest BCUT2D eigenvalue weighted by atomic mass is 19.1. The average molecular weight is 280 g/mol. The van der Waals surface area contributed by atoms with E-state index in [4.69, 9.17) is 4.74 Å². The number of hydrogen-bond donors (Lipinski definition) is 1. The van der Waals surface area contributed by atoms with Crippen LogP contribution in [-0.4, -0.2) is 32.2 Å². The van der Waals surface area contributed by atoms with Crippen molar-refractivity contribution in [2.24, 2.45) is 0 Å². The molecule has 0 spiro atoms. The summed E-state index contributed by atoms with van der Waals surface area (Å²) in [5.41, 5.74) is 1.41. The molecule has 1 aromatic rings. The van der Waals surface area contributed by atoms with E-state index in [9.17, 15) is 9.18 Å². The van der Waals surface area contributed by atoms with Crippen molar-refractivity contribution in [3.05, 3.63) is 24.0 Å². The van der Waals surface area contributed by atoms with Gasteiger partial charge in [-0.2, -0.15) is 0 Å². The van der Waals surface area contributed by atoms with Gasteiger partial charge in [0.1, 0.15) is 5.82 Å². The zero-order valence-electron chi connectivity index (χ0n) is 11.8. The number of rotatable bonds is 5. The van der Waals surface area contributed by atoms with Crippen molar-refractivity contribution in [1.82, 2.24) is 0 Å². The summed E-state index contributed by atoms with van der Waals surface area (Å²) in [4.78, 5) is 14.0. The van der Waals surface area contributed by atoms with Crippen LogP contribution in [0.5, 0.6) is 0 Å². The number of ether oxygens (including phenoxy) is 1. The van der Waals surface area contributed by atoms with Crippen molar-refractivity contribution in [2.45, 2.75) is 26.2 Å². The van der Waals surface area contributed by atoms with E-state index in [-0.39, 0.29) is 11.7 Å². The maximum Gasteiger partial charge on any atom is 0.224 e. The Hall–Kier alpha value is -1.62. The van der Waals surface area contributed by atoms with Crippen molar-refractivity contribution < 1.29 is 13.9 Å². The van der Waals surface area contributed by atoms with E-state index in [1.165, 1.54) is 12.1 Å². The molecule has 1 fully saturated rings. The standard InChI is InChI=1S/C15H21FN2O2/c1-2-3-4-15(19)17-13-11-12(16)5-6-14(13)18-7-9-20-10-8-18/h5-6,11H,2-4,7-10H2,1H3,(H,17,19). The molecule has 1 saturated heterocycles. The highest BCUT2D eigenvalue weighted by Gasteiger charge is 2.16. The van der Waals surface area contributed by atoms with Gasteiger partial charge in [-0.25, -0.2) is 4.39 Å². The molecule has 1 aliphatic rings. The number of amides is 1. The summed E-state index contributed by atoms with van der Waals surface area (Å²) in [7, 11) is 0. The summed E-state index contributed by atoms with van der Waals surface area (Å²) in [6.45, 7) is 4.85. The Labute approximate surface area is 118 Å². The SMILES string of the molecule is CCCCC(=O)Nc1cc(F)ccc1N1CCOCC1. The van der Waals surface area contributed by atoms with Gasteiger partial charge < -0.3 is 15.0 Å². The number of carbonyl (C=O) groups is 1. The fraction of sp³-hybridized carbons (Fsp3) is 0.533. The van der Waals surface area contributed by atoms with Crippen LogP contribution in [0.25, 0.3) is 0 Å². The molecule has 0 unspecified atom stereocenters. The number of hydrogen-bond acceptors (Lipinski definition) is 3. The Morgan fingerprint density at radius 1 is 1.40 bits per heavy atom. The highest BCUT2D eigenvalue weighted by Crippen LogP contribution is 2.27. The fourth-order valence-electron chi connectivity index (χ4n) is 2.24. The first-order chi connectivity index (χ1) is 9.70. The van der Waals surface area contributed by atoms with Gasteiger partial charge >= 0.3 is 0 Å². The molecule has 0 saturated carbocycles. The number of benzene rings is 1. The van der Waals surface area contributed by atoms with Crippen molar-refractivity contribution in [3.63, 3.8) is 0 Å². The molecule has 0 aliphatic carbocycles.